The number of aromatic nitrogens is 1. The summed E-state index contributed by atoms with van der Waals surface area (Å²) in [5.41, 5.74) is -14.2. The summed E-state index contributed by atoms with van der Waals surface area (Å²) in [4.78, 5) is 12.1. The Balaban J connectivity index is 3.82. The Morgan fingerprint density at radius 3 is 1.76 bits per heavy atom. The number of alkyl halides is 6. The van der Waals surface area contributed by atoms with E-state index in [1.54, 1.807) is 0 Å². The minimum Gasteiger partial charge on any atom is -0.267 e. The molecule has 1 heterocycles. The van der Waals surface area contributed by atoms with E-state index in [1.165, 1.54) is 13.2 Å². The number of hydrogen-bond donors (Lipinski definition) is 0. The second-order valence-electron chi connectivity index (χ2n) is 4.52. The van der Waals surface area contributed by atoms with E-state index in [1.807, 2.05) is 0 Å². The molecule has 0 aliphatic carbocycles. The predicted molar refractivity (Wildman–Crippen MR) is 68.5 cm³/mol. The Labute approximate surface area is 137 Å². The number of halogens is 6. The fourth-order valence-corrected chi connectivity index (χ4v) is 4.10. The number of sulfonamides is 2. The van der Waals surface area contributed by atoms with Crippen molar-refractivity contribution in [1.82, 2.24) is 3.71 Å². The number of aryl methyl sites for hydroxylation is 1. The molecule has 0 aromatic carbocycles. The lowest BCUT2D eigenvalue weighted by Crippen LogP contribution is -2.52. The van der Waals surface area contributed by atoms with Crippen molar-refractivity contribution in [3.63, 3.8) is 0 Å². The molecule has 25 heavy (non-hydrogen) atoms. The number of amides is 1. The fraction of sp³-hybridized carbons (Fsp3) is 0.400. The SMILES string of the molecule is Cc1c(C(=O)N(S(=O)(=O)C(F)(F)F)S(=O)(=O)C(F)(F)F)ccc[n+]1C. The van der Waals surface area contributed by atoms with Crippen LogP contribution in [0, 0.1) is 6.92 Å². The summed E-state index contributed by atoms with van der Waals surface area (Å²) in [7, 11) is -13.1. The van der Waals surface area contributed by atoms with Gasteiger partial charge in [-0.05, 0) is 6.07 Å². The van der Waals surface area contributed by atoms with Crippen molar-refractivity contribution < 1.29 is 52.5 Å². The average Bonchev–Trinajstić information content (AvgIpc) is 2.38. The summed E-state index contributed by atoms with van der Waals surface area (Å²) in [6.07, 6.45) is 1.24. The minimum absolute atomic E-state index is 0.271. The molecule has 1 aromatic heterocycles. The molecule has 0 aliphatic rings. The van der Waals surface area contributed by atoms with E-state index in [2.05, 4.69) is 0 Å². The van der Waals surface area contributed by atoms with E-state index < -0.39 is 46.2 Å². The zero-order chi connectivity index (χ0) is 20.0. The first kappa shape index (κ1) is 21.1. The molecule has 0 N–H and O–H groups in total. The molecule has 0 fully saturated rings. The molecule has 0 aliphatic heterocycles. The lowest BCUT2D eigenvalue weighted by Gasteiger charge is -2.23. The van der Waals surface area contributed by atoms with E-state index in [9.17, 15) is 48.0 Å². The Bertz CT molecular complexity index is 861. The third-order valence-corrected chi connectivity index (χ3v) is 6.46. The topological polar surface area (TPSA) is 92.5 Å². The summed E-state index contributed by atoms with van der Waals surface area (Å²) in [5, 5.41) is 0. The second kappa shape index (κ2) is 6.12. The maximum absolute atomic E-state index is 12.6. The van der Waals surface area contributed by atoms with Gasteiger partial charge in [0.15, 0.2) is 11.9 Å². The molecule has 0 unspecified atom stereocenters. The molecule has 1 rings (SSSR count). The Hall–Kier alpha value is -1.90. The van der Waals surface area contributed by atoms with Gasteiger partial charge in [0.2, 0.25) is 0 Å². The highest BCUT2D eigenvalue weighted by molar-refractivity contribution is 8.05. The van der Waals surface area contributed by atoms with Gasteiger partial charge in [-0.1, -0.05) is 0 Å². The van der Waals surface area contributed by atoms with E-state index in [0.29, 0.717) is 6.07 Å². The summed E-state index contributed by atoms with van der Waals surface area (Å²) in [6, 6.07) is 1.68. The van der Waals surface area contributed by atoms with Crippen molar-refractivity contribution in [3.05, 3.63) is 29.6 Å². The standard InChI is InChI=1S/C10H9F6N2O5S2/c1-6-7(4-3-5-17(6)2)8(19)18(24(20,21)9(11,12)13)25(22,23)10(14,15)16/h3-5H,1-2H3/q+1. The molecule has 0 saturated heterocycles. The summed E-state index contributed by atoms with van der Waals surface area (Å²) in [6.45, 7) is 1.06. The molecule has 1 aromatic rings. The van der Waals surface area contributed by atoms with Crippen LogP contribution in [0.2, 0.25) is 0 Å². The van der Waals surface area contributed by atoms with Gasteiger partial charge in [-0.2, -0.15) is 43.2 Å². The smallest absolute Gasteiger partial charge is 0.267 e. The highest BCUT2D eigenvalue weighted by Crippen LogP contribution is 2.36. The van der Waals surface area contributed by atoms with Gasteiger partial charge >= 0.3 is 31.1 Å². The first-order valence-electron chi connectivity index (χ1n) is 5.89. The lowest BCUT2D eigenvalue weighted by molar-refractivity contribution is -0.677. The Morgan fingerprint density at radius 2 is 1.40 bits per heavy atom. The molecular weight excluding hydrogens is 406 g/mol. The van der Waals surface area contributed by atoms with Crippen LogP contribution < -0.4 is 4.57 Å². The number of hydrogen-bond acceptors (Lipinski definition) is 5. The molecule has 0 radical (unpaired) electrons. The molecule has 1 amide bonds. The van der Waals surface area contributed by atoms with Crippen LogP contribution in [0.3, 0.4) is 0 Å². The van der Waals surface area contributed by atoms with Crippen LogP contribution in [0.1, 0.15) is 16.1 Å². The summed E-state index contributed by atoms with van der Waals surface area (Å²) >= 11 is 0. The molecule has 142 valence electrons. The van der Waals surface area contributed by atoms with Gasteiger partial charge in [0.25, 0.3) is 5.91 Å². The van der Waals surface area contributed by atoms with Crippen LogP contribution in [0.5, 0.6) is 0 Å². The van der Waals surface area contributed by atoms with E-state index >= 15 is 0 Å². The number of carbonyl (C=O) groups is 1. The summed E-state index contributed by atoms with van der Waals surface area (Å²) < 4.78 is 120. The predicted octanol–water partition coefficient (Wildman–Crippen LogP) is 0.961. The number of carbonyl (C=O) groups excluding carboxylic acids is 1. The van der Waals surface area contributed by atoms with Crippen LogP contribution in [0.15, 0.2) is 18.3 Å². The van der Waals surface area contributed by atoms with Crippen molar-refractivity contribution in [2.24, 2.45) is 7.05 Å². The van der Waals surface area contributed by atoms with Crippen LogP contribution >= 0.6 is 0 Å². The maximum Gasteiger partial charge on any atom is 0.517 e. The third kappa shape index (κ3) is 3.56. The van der Waals surface area contributed by atoms with Crippen molar-refractivity contribution in [2.75, 3.05) is 0 Å². The van der Waals surface area contributed by atoms with Crippen LogP contribution in [0.25, 0.3) is 0 Å². The van der Waals surface area contributed by atoms with Gasteiger partial charge in [-0.15, -0.1) is 3.71 Å². The lowest BCUT2D eigenvalue weighted by atomic mass is 10.2. The first-order chi connectivity index (χ1) is 11.0. The van der Waals surface area contributed by atoms with Crippen LogP contribution in [-0.2, 0) is 27.1 Å². The molecular formula is C10H9F6N2O5S2+. The second-order valence-corrected chi connectivity index (χ2v) is 8.31. The first-order valence-corrected chi connectivity index (χ1v) is 8.77. The van der Waals surface area contributed by atoms with Crippen LogP contribution in [0.4, 0.5) is 26.3 Å². The highest BCUT2D eigenvalue weighted by atomic mass is 32.3. The average molecular weight is 415 g/mol. The fourth-order valence-electron chi connectivity index (χ4n) is 1.55. The van der Waals surface area contributed by atoms with Gasteiger partial charge in [0.1, 0.15) is 12.6 Å². The van der Waals surface area contributed by atoms with Crippen molar-refractivity contribution in [2.45, 2.75) is 17.9 Å². The van der Waals surface area contributed by atoms with Gasteiger partial charge in [-0.3, -0.25) is 4.79 Å². The third-order valence-electron chi connectivity index (χ3n) is 2.91. The van der Waals surface area contributed by atoms with Crippen molar-refractivity contribution >= 4 is 26.0 Å². The molecule has 0 bridgehead atoms. The minimum atomic E-state index is -7.19. The quantitative estimate of drug-likeness (QED) is 0.542. The molecule has 7 nitrogen and oxygen atoms in total. The number of pyridine rings is 1. The normalized spacial score (nSPS) is 13.6. The molecule has 0 saturated carbocycles. The van der Waals surface area contributed by atoms with Gasteiger partial charge in [0, 0.05) is 13.0 Å². The maximum atomic E-state index is 12.6. The van der Waals surface area contributed by atoms with Crippen molar-refractivity contribution in [3.8, 4) is 0 Å². The van der Waals surface area contributed by atoms with E-state index in [0.717, 1.165) is 17.6 Å². The molecule has 0 atom stereocenters. The Kier molecular flexibility index (Phi) is 5.17. The Morgan fingerprint density at radius 1 is 1.00 bits per heavy atom. The zero-order valence-electron chi connectivity index (χ0n) is 12.3. The van der Waals surface area contributed by atoms with Crippen LogP contribution in [-0.4, -0.2) is 37.5 Å². The van der Waals surface area contributed by atoms with E-state index in [-0.39, 0.29) is 5.69 Å². The molecule has 15 heteroatoms. The molecule has 0 spiro atoms. The van der Waals surface area contributed by atoms with Gasteiger partial charge in [-0.25, -0.2) is 4.57 Å². The highest BCUT2D eigenvalue weighted by Gasteiger charge is 2.64. The van der Waals surface area contributed by atoms with Crippen molar-refractivity contribution in [1.29, 1.82) is 0 Å². The number of nitrogens with zero attached hydrogens (tertiary/aromatic N) is 2. The largest absolute Gasteiger partial charge is 0.517 e. The summed E-state index contributed by atoms with van der Waals surface area (Å²) in [5.74, 6) is -2.51. The van der Waals surface area contributed by atoms with E-state index in [4.69, 9.17) is 0 Å². The number of rotatable bonds is 3. The monoisotopic (exact) mass is 415 g/mol. The van der Waals surface area contributed by atoms with Gasteiger partial charge < -0.3 is 0 Å². The zero-order valence-corrected chi connectivity index (χ0v) is 13.9. The van der Waals surface area contributed by atoms with Gasteiger partial charge in [0.05, 0.1) is 0 Å².